The predicted octanol–water partition coefficient (Wildman–Crippen LogP) is 3.35. The largest absolute Gasteiger partial charge is 0.394 e. The molecule has 154 valence electrons. The van der Waals surface area contributed by atoms with E-state index in [9.17, 15) is 15.3 Å². The Labute approximate surface area is 159 Å². The molecular weight excluding hydrogens is 332 g/mol. The van der Waals surface area contributed by atoms with E-state index in [1.165, 1.54) is 57.8 Å². The summed E-state index contributed by atoms with van der Waals surface area (Å²) in [5.74, 6) is 0. The Balaban J connectivity index is 1.90. The maximum Gasteiger partial charge on any atom is 0.114 e. The van der Waals surface area contributed by atoms with E-state index in [1.54, 1.807) is 0 Å². The van der Waals surface area contributed by atoms with Crippen molar-refractivity contribution < 1.29 is 24.8 Å². The van der Waals surface area contributed by atoms with Gasteiger partial charge in [0, 0.05) is 6.61 Å². The van der Waals surface area contributed by atoms with Crippen LogP contribution in [0.2, 0.25) is 0 Å². The van der Waals surface area contributed by atoms with E-state index in [0.717, 1.165) is 12.8 Å². The summed E-state index contributed by atoms with van der Waals surface area (Å²) >= 11 is 0. The van der Waals surface area contributed by atoms with Crippen molar-refractivity contribution >= 4 is 0 Å². The maximum atomic E-state index is 9.80. The Morgan fingerprint density at radius 2 is 1.58 bits per heavy atom. The minimum Gasteiger partial charge on any atom is -0.394 e. The molecule has 5 heteroatoms. The van der Waals surface area contributed by atoms with E-state index >= 15 is 0 Å². The van der Waals surface area contributed by atoms with Crippen LogP contribution in [-0.4, -0.2) is 59.6 Å². The molecule has 1 aliphatic rings. The zero-order valence-electron chi connectivity index (χ0n) is 16.5. The molecule has 4 atom stereocenters. The molecule has 5 nitrogen and oxygen atoms in total. The summed E-state index contributed by atoms with van der Waals surface area (Å²) < 4.78 is 11.0. The molecule has 0 aromatic carbocycles. The summed E-state index contributed by atoms with van der Waals surface area (Å²) in [6.45, 7) is 2.67. The van der Waals surface area contributed by atoms with Crippen LogP contribution in [0, 0.1) is 0 Å². The van der Waals surface area contributed by atoms with Gasteiger partial charge in [0.15, 0.2) is 0 Å². The molecule has 0 saturated carbocycles. The second-order valence-corrected chi connectivity index (χ2v) is 7.32. The molecule has 0 radical (unpaired) electrons. The van der Waals surface area contributed by atoms with E-state index in [-0.39, 0.29) is 13.2 Å². The number of aliphatic hydroxyl groups excluding tert-OH is 3. The van der Waals surface area contributed by atoms with Gasteiger partial charge >= 0.3 is 0 Å². The number of unbranched alkanes of at least 4 members (excludes halogenated alkanes) is 9. The Morgan fingerprint density at radius 3 is 2.15 bits per heavy atom. The van der Waals surface area contributed by atoms with Crippen LogP contribution in [-0.2, 0) is 9.47 Å². The first-order chi connectivity index (χ1) is 12.7. The average Bonchev–Trinajstić information content (AvgIpc) is 2.98. The van der Waals surface area contributed by atoms with Crippen molar-refractivity contribution in [3.05, 3.63) is 12.2 Å². The van der Waals surface area contributed by atoms with Gasteiger partial charge in [-0.2, -0.15) is 0 Å². The lowest BCUT2D eigenvalue weighted by Crippen LogP contribution is -2.42. The molecule has 3 N–H and O–H groups in total. The maximum absolute atomic E-state index is 9.80. The highest BCUT2D eigenvalue weighted by atomic mass is 16.6. The fourth-order valence-corrected chi connectivity index (χ4v) is 3.25. The van der Waals surface area contributed by atoms with Crippen LogP contribution in [0.5, 0.6) is 0 Å². The quantitative estimate of drug-likeness (QED) is 0.286. The van der Waals surface area contributed by atoms with E-state index in [0.29, 0.717) is 6.61 Å². The molecular formula is C21H40O5. The lowest BCUT2D eigenvalue weighted by atomic mass is 10.1. The Kier molecular flexibility index (Phi) is 14.1. The second kappa shape index (κ2) is 15.6. The normalized spacial score (nSPS) is 24.5. The fraction of sp³-hybridized carbons (Fsp3) is 0.905. The number of ether oxygens (including phenoxy) is 2. The summed E-state index contributed by atoms with van der Waals surface area (Å²) in [5.41, 5.74) is 0. The van der Waals surface area contributed by atoms with Crippen LogP contribution in [0.3, 0.4) is 0 Å². The van der Waals surface area contributed by atoms with Crippen molar-refractivity contribution in [3.8, 4) is 0 Å². The van der Waals surface area contributed by atoms with Gasteiger partial charge in [0.05, 0.1) is 13.2 Å². The van der Waals surface area contributed by atoms with Gasteiger partial charge in [-0.15, -0.1) is 0 Å². The third-order valence-corrected chi connectivity index (χ3v) is 4.97. The van der Waals surface area contributed by atoms with Gasteiger partial charge in [0.1, 0.15) is 24.4 Å². The third-order valence-electron chi connectivity index (χ3n) is 4.97. The Bertz CT molecular complexity index is 347. The van der Waals surface area contributed by atoms with Crippen LogP contribution in [0.1, 0.15) is 77.6 Å². The molecule has 1 aliphatic heterocycles. The topological polar surface area (TPSA) is 79.2 Å². The summed E-state index contributed by atoms with van der Waals surface area (Å²) in [5, 5.41) is 28.7. The van der Waals surface area contributed by atoms with Gasteiger partial charge < -0.3 is 24.8 Å². The summed E-state index contributed by atoms with van der Waals surface area (Å²) in [6.07, 6.45) is 15.0. The number of hydrogen-bond acceptors (Lipinski definition) is 5. The first-order valence-electron chi connectivity index (χ1n) is 10.6. The molecule has 0 aromatic heterocycles. The van der Waals surface area contributed by atoms with Crippen molar-refractivity contribution in [2.75, 3.05) is 19.8 Å². The van der Waals surface area contributed by atoms with Crippen molar-refractivity contribution in [2.24, 2.45) is 0 Å². The SMILES string of the molecule is CCCC/C=C/CCCCCCCCCO[C@@H](CO)[C@H]1OC[C@@H](O)[C@H]1O. The van der Waals surface area contributed by atoms with Crippen molar-refractivity contribution in [1.82, 2.24) is 0 Å². The summed E-state index contributed by atoms with van der Waals surface area (Å²) in [4.78, 5) is 0. The lowest BCUT2D eigenvalue weighted by Gasteiger charge is -2.24. The van der Waals surface area contributed by atoms with Gasteiger partial charge in [-0.05, 0) is 25.7 Å². The minimum atomic E-state index is -0.978. The van der Waals surface area contributed by atoms with Crippen LogP contribution in [0.15, 0.2) is 12.2 Å². The van der Waals surface area contributed by atoms with Crippen LogP contribution < -0.4 is 0 Å². The molecule has 0 amide bonds. The van der Waals surface area contributed by atoms with E-state index in [2.05, 4.69) is 19.1 Å². The van der Waals surface area contributed by atoms with E-state index in [4.69, 9.17) is 9.47 Å². The minimum absolute atomic E-state index is 0.0974. The zero-order valence-corrected chi connectivity index (χ0v) is 16.5. The molecule has 1 fully saturated rings. The van der Waals surface area contributed by atoms with Gasteiger partial charge in [-0.3, -0.25) is 0 Å². The number of rotatable bonds is 16. The first kappa shape index (κ1) is 23.6. The first-order valence-corrected chi connectivity index (χ1v) is 10.6. The molecule has 0 unspecified atom stereocenters. The molecule has 0 bridgehead atoms. The number of allylic oxidation sites excluding steroid dienone is 2. The Hall–Kier alpha value is -0.460. The summed E-state index contributed by atoms with van der Waals surface area (Å²) in [6, 6.07) is 0. The molecule has 0 aliphatic carbocycles. The van der Waals surface area contributed by atoms with Crippen LogP contribution in [0.4, 0.5) is 0 Å². The molecule has 1 heterocycles. The van der Waals surface area contributed by atoms with Gasteiger partial charge in [0.2, 0.25) is 0 Å². The molecule has 0 spiro atoms. The highest BCUT2D eigenvalue weighted by Gasteiger charge is 2.40. The highest BCUT2D eigenvalue weighted by molar-refractivity contribution is 4.88. The van der Waals surface area contributed by atoms with Gasteiger partial charge in [-0.25, -0.2) is 0 Å². The zero-order chi connectivity index (χ0) is 19.0. The van der Waals surface area contributed by atoms with E-state index < -0.39 is 24.4 Å². The molecule has 1 rings (SSSR count). The highest BCUT2D eigenvalue weighted by Crippen LogP contribution is 2.20. The van der Waals surface area contributed by atoms with Crippen LogP contribution >= 0.6 is 0 Å². The standard InChI is InChI=1S/C21H40O5/c1-2-3-4-5-6-7-8-9-10-11-12-13-14-15-25-19(16-22)21-20(24)18(23)17-26-21/h5-6,18-24H,2-4,7-17H2,1H3/b6-5+/t18-,19+,20-,21-/m1/s1. The van der Waals surface area contributed by atoms with Gasteiger partial charge in [0.25, 0.3) is 0 Å². The van der Waals surface area contributed by atoms with Crippen molar-refractivity contribution in [3.63, 3.8) is 0 Å². The van der Waals surface area contributed by atoms with Crippen molar-refractivity contribution in [1.29, 1.82) is 0 Å². The predicted molar refractivity (Wildman–Crippen MR) is 104 cm³/mol. The average molecular weight is 373 g/mol. The lowest BCUT2D eigenvalue weighted by molar-refractivity contribution is -0.101. The number of aliphatic hydroxyl groups is 3. The number of hydrogen-bond donors (Lipinski definition) is 3. The van der Waals surface area contributed by atoms with Gasteiger partial charge in [-0.1, -0.05) is 64.0 Å². The summed E-state index contributed by atoms with van der Waals surface area (Å²) in [7, 11) is 0. The second-order valence-electron chi connectivity index (χ2n) is 7.32. The molecule has 1 saturated heterocycles. The molecule has 26 heavy (non-hydrogen) atoms. The molecule has 0 aromatic rings. The smallest absolute Gasteiger partial charge is 0.114 e. The fourth-order valence-electron chi connectivity index (χ4n) is 3.25. The van der Waals surface area contributed by atoms with Crippen molar-refractivity contribution in [2.45, 2.75) is 102 Å². The third kappa shape index (κ3) is 10.0. The monoisotopic (exact) mass is 372 g/mol. The van der Waals surface area contributed by atoms with Crippen LogP contribution in [0.25, 0.3) is 0 Å². The van der Waals surface area contributed by atoms with E-state index in [1.807, 2.05) is 0 Å². The Morgan fingerprint density at radius 1 is 0.962 bits per heavy atom.